The molecule has 13 heavy (non-hydrogen) atoms. The third-order valence-corrected chi connectivity index (χ3v) is 2.17. The number of nitrogens with one attached hydrogen (secondary N) is 1. The Morgan fingerprint density at radius 3 is 2.23 bits per heavy atom. The van der Waals surface area contributed by atoms with E-state index in [4.69, 9.17) is 4.74 Å². The van der Waals surface area contributed by atoms with Crippen molar-refractivity contribution < 1.29 is 9.53 Å². The highest BCUT2D eigenvalue weighted by atomic mass is 16.6. The van der Waals surface area contributed by atoms with E-state index in [1.807, 2.05) is 20.8 Å². The van der Waals surface area contributed by atoms with Crippen LogP contribution in [-0.4, -0.2) is 17.2 Å². The van der Waals surface area contributed by atoms with Gasteiger partial charge >= 0.3 is 0 Å². The number of hydrogen-bond donors (Lipinski definition) is 1. The molecule has 0 bridgehead atoms. The van der Waals surface area contributed by atoms with Crippen LogP contribution < -0.4 is 5.32 Å². The SMILES string of the molecule is CC(C)CC1(C)OC(C)(C)NC1=O. The normalized spacial score (nSPS) is 32.3. The molecule has 0 aliphatic carbocycles. The molecule has 1 heterocycles. The Bertz CT molecular complexity index is 223. The van der Waals surface area contributed by atoms with E-state index in [1.165, 1.54) is 0 Å². The number of amides is 1. The van der Waals surface area contributed by atoms with E-state index < -0.39 is 11.3 Å². The maximum atomic E-state index is 11.6. The minimum absolute atomic E-state index is 0.00574. The largest absolute Gasteiger partial charge is 0.340 e. The molecule has 1 unspecified atom stereocenters. The quantitative estimate of drug-likeness (QED) is 0.710. The van der Waals surface area contributed by atoms with E-state index >= 15 is 0 Å². The predicted octanol–water partition coefficient (Wildman–Crippen LogP) is 1.67. The molecule has 1 amide bonds. The molecule has 0 aromatic carbocycles. The molecule has 3 heteroatoms. The van der Waals surface area contributed by atoms with E-state index in [0.29, 0.717) is 5.92 Å². The summed E-state index contributed by atoms with van der Waals surface area (Å²) in [4.78, 5) is 11.6. The lowest BCUT2D eigenvalue weighted by Gasteiger charge is -2.25. The van der Waals surface area contributed by atoms with E-state index in [9.17, 15) is 4.79 Å². The highest BCUT2D eigenvalue weighted by molar-refractivity contribution is 5.87. The Morgan fingerprint density at radius 1 is 1.38 bits per heavy atom. The average Bonchev–Trinajstić information content (AvgIpc) is 1.98. The zero-order valence-corrected chi connectivity index (χ0v) is 9.10. The lowest BCUT2D eigenvalue weighted by molar-refractivity contribution is -0.137. The van der Waals surface area contributed by atoms with Gasteiger partial charge in [-0.3, -0.25) is 4.79 Å². The van der Waals surface area contributed by atoms with Crippen LogP contribution in [0, 0.1) is 5.92 Å². The second-order valence-corrected chi connectivity index (χ2v) is 4.90. The molecule has 1 N–H and O–H groups in total. The lowest BCUT2D eigenvalue weighted by atomic mass is 9.94. The van der Waals surface area contributed by atoms with Crippen molar-refractivity contribution in [1.82, 2.24) is 5.32 Å². The summed E-state index contributed by atoms with van der Waals surface area (Å²) in [6, 6.07) is 0. The summed E-state index contributed by atoms with van der Waals surface area (Å²) in [5.41, 5.74) is -1.15. The maximum Gasteiger partial charge on any atom is 0.254 e. The van der Waals surface area contributed by atoms with Crippen LogP contribution in [0.4, 0.5) is 0 Å². The first-order valence-corrected chi connectivity index (χ1v) is 4.78. The summed E-state index contributed by atoms with van der Waals surface area (Å²) in [6.07, 6.45) is 0.766. The summed E-state index contributed by atoms with van der Waals surface area (Å²) < 4.78 is 5.70. The van der Waals surface area contributed by atoms with Crippen molar-refractivity contribution in [3.05, 3.63) is 0 Å². The summed E-state index contributed by atoms with van der Waals surface area (Å²) in [5, 5.41) is 2.83. The maximum absolute atomic E-state index is 11.6. The van der Waals surface area contributed by atoms with Gasteiger partial charge in [0, 0.05) is 0 Å². The molecular weight excluding hydrogens is 166 g/mol. The number of ether oxygens (including phenoxy) is 1. The standard InChI is InChI=1S/C10H19NO2/c1-7(2)6-10(5)8(12)11-9(3,4)13-10/h7H,6H2,1-5H3,(H,11,12). The van der Waals surface area contributed by atoms with Crippen molar-refractivity contribution in [1.29, 1.82) is 0 Å². The summed E-state index contributed by atoms with van der Waals surface area (Å²) in [6.45, 7) is 9.78. The Kier molecular flexibility index (Phi) is 2.41. The van der Waals surface area contributed by atoms with Gasteiger partial charge in [0.15, 0.2) is 0 Å². The Morgan fingerprint density at radius 2 is 1.92 bits per heavy atom. The monoisotopic (exact) mass is 185 g/mol. The fourth-order valence-corrected chi connectivity index (χ4v) is 1.95. The smallest absolute Gasteiger partial charge is 0.254 e. The molecule has 1 aliphatic heterocycles. The molecule has 3 nitrogen and oxygen atoms in total. The zero-order valence-electron chi connectivity index (χ0n) is 9.10. The van der Waals surface area contributed by atoms with Gasteiger partial charge in [-0.1, -0.05) is 13.8 Å². The van der Waals surface area contributed by atoms with Crippen molar-refractivity contribution >= 4 is 5.91 Å². The van der Waals surface area contributed by atoms with Gasteiger partial charge in [0.2, 0.25) is 0 Å². The molecule has 0 aromatic rings. The van der Waals surface area contributed by atoms with Gasteiger partial charge in [0.25, 0.3) is 5.91 Å². The predicted molar refractivity (Wildman–Crippen MR) is 51.2 cm³/mol. The van der Waals surface area contributed by atoms with Crippen molar-refractivity contribution in [3.8, 4) is 0 Å². The van der Waals surface area contributed by atoms with Gasteiger partial charge in [-0.2, -0.15) is 0 Å². The van der Waals surface area contributed by atoms with Crippen LogP contribution in [0.3, 0.4) is 0 Å². The molecule has 1 aliphatic rings. The first-order chi connectivity index (χ1) is 5.75. The van der Waals surface area contributed by atoms with E-state index in [2.05, 4.69) is 19.2 Å². The van der Waals surface area contributed by atoms with E-state index in [-0.39, 0.29) is 5.91 Å². The van der Waals surface area contributed by atoms with Crippen LogP contribution in [0.5, 0.6) is 0 Å². The molecule has 1 rings (SSSR count). The molecule has 0 aromatic heterocycles. The Balaban J connectivity index is 2.75. The number of carbonyl (C=O) groups is 1. The molecule has 76 valence electrons. The fourth-order valence-electron chi connectivity index (χ4n) is 1.95. The van der Waals surface area contributed by atoms with Crippen LogP contribution in [-0.2, 0) is 9.53 Å². The van der Waals surface area contributed by atoms with Crippen molar-refractivity contribution in [2.24, 2.45) is 5.92 Å². The van der Waals surface area contributed by atoms with Crippen molar-refractivity contribution in [2.75, 3.05) is 0 Å². The van der Waals surface area contributed by atoms with Gasteiger partial charge in [0.05, 0.1) is 0 Å². The lowest BCUT2D eigenvalue weighted by Crippen LogP contribution is -2.37. The highest BCUT2D eigenvalue weighted by Crippen LogP contribution is 2.31. The Labute approximate surface area is 79.8 Å². The summed E-state index contributed by atoms with van der Waals surface area (Å²) >= 11 is 0. The fraction of sp³-hybridized carbons (Fsp3) is 0.900. The van der Waals surface area contributed by atoms with Gasteiger partial charge < -0.3 is 10.1 Å². The van der Waals surface area contributed by atoms with Crippen LogP contribution in [0.25, 0.3) is 0 Å². The van der Waals surface area contributed by atoms with Crippen LogP contribution in [0.1, 0.15) is 41.0 Å². The van der Waals surface area contributed by atoms with E-state index in [0.717, 1.165) is 6.42 Å². The molecule has 1 saturated heterocycles. The second kappa shape index (κ2) is 2.98. The van der Waals surface area contributed by atoms with Crippen molar-refractivity contribution in [2.45, 2.75) is 52.4 Å². The number of rotatable bonds is 2. The topological polar surface area (TPSA) is 38.3 Å². The van der Waals surface area contributed by atoms with Crippen LogP contribution >= 0.6 is 0 Å². The van der Waals surface area contributed by atoms with Gasteiger partial charge in [-0.25, -0.2) is 0 Å². The third kappa shape index (κ3) is 2.21. The summed E-state index contributed by atoms with van der Waals surface area (Å²) in [7, 11) is 0. The molecule has 1 atom stereocenters. The second-order valence-electron chi connectivity index (χ2n) is 4.90. The molecule has 0 radical (unpaired) electrons. The molecule has 0 spiro atoms. The molecule has 0 saturated carbocycles. The van der Waals surface area contributed by atoms with Gasteiger partial charge in [-0.05, 0) is 33.1 Å². The van der Waals surface area contributed by atoms with Crippen LogP contribution in [0.2, 0.25) is 0 Å². The van der Waals surface area contributed by atoms with Crippen LogP contribution in [0.15, 0.2) is 0 Å². The molecular formula is C10H19NO2. The molecule has 1 fully saturated rings. The minimum Gasteiger partial charge on any atom is -0.340 e. The highest BCUT2D eigenvalue weighted by Gasteiger charge is 2.47. The average molecular weight is 185 g/mol. The first kappa shape index (κ1) is 10.5. The number of carbonyl (C=O) groups excluding carboxylic acids is 1. The summed E-state index contributed by atoms with van der Waals surface area (Å²) in [5.74, 6) is 0.468. The van der Waals surface area contributed by atoms with Crippen molar-refractivity contribution in [3.63, 3.8) is 0 Å². The Hall–Kier alpha value is -0.570. The minimum atomic E-state index is -0.641. The first-order valence-electron chi connectivity index (χ1n) is 4.78. The number of hydrogen-bond acceptors (Lipinski definition) is 2. The van der Waals surface area contributed by atoms with E-state index in [1.54, 1.807) is 0 Å². The third-order valence-electron chi connectivity index (χ3n) is 2.17. The van der Waals surface area contributed by atoms with Gasteiger partial charge in [0.1, 0.15) is 11.3 Å². The zero-order chi connectivity index (χ0) is 10.3. The van der Waals surface area contributed by atoms with Gasteiger partial charge in [-0.15, -0.1) is 0 Å².